The minimum absolute atomic E-state index is 0.752. The van der Waals surface area contributed by atoms with Crippen molar-refractivity contribution in [3.05, 3.63) is 47.1 Å². The quantitative estimate of drug-likeness (QED) is 0.470. The van der Waals surface area contributed by atoms with E-state index >= 15 is 0 Å². The summed E-state index contributed by atoms with van der Waals surface area (Å²) in [6.07, 6.45) is 5.18. The molecule has 4 aromatic rings. The average Bonchev–Trinajstić information content (AvgIpc) is 3.23. The summed E-state index contributed by atoms with van der Waals surface area (Å²) in [4.78, 5) is 11.7. The van der Waals surface area contributed by atoms with Gasteiger partial charge >= 0.3 is 0 Å². The SMILES string of the molecule is C[C@H]1CCc2c(sc3ncnc(Sc4nnc(-c5ccccc5)n4C)c23)C1. The van der Waals surface area contributed by atoms with Crippen molar-refractivity contribution in [1.29, 1.82) is 0 Å². The molecule has 1 atom stereocenters. The lowest BCUT2D eigenvalue weighted by atomic mass is 9.89. The summed E-state index contributed by atoms with van der Waals surface area (Å²) in [5, 5.41) is 11.9. The van der Waals surface area contributed by atoms with Crippen molar-refractivity contribution in [2.75, 3.05) is 0 Å². The molecule has 27 heavy (non-hydrogen) atoms. The smallest absolute Gasteiger partial charge is 0.197 e. The van der Waals surface area contributed by atoms with Crippen molar-refractivity contribution in [3.8, 4) is 11.4 Å². The molecule has 0 unspecified atom stereocenters. The minimum Gasteiger partial charge on any atom is -0.305 e. The second-order valence-electron chi connectivity index (χ2n) is 7.04. The Morgan fingerprint density at radius 2 is 2.00 bits per heavy atom. The molecule has 0 aliphatic heterocycles. The highest BCUT2D eigenvalue weighted by Crippen LogP contribution is 2.41. The van der Waals surface area contributed by atoms with Crippen molar-refractivity contribution < 1.29 is 0 Å². The zero-order valence-electron chi connectivity index (χ0n) is 15.2. The lowest BCUT2D eigenvalue weighted by Crippen LogP contribution is -2.08. The fourth-order valence-corrected chi connectivity index (χ4v) is 5.97. The van der Waals surface area contributed by atoms with Crippen LogP contribution in [0, 0.1) is 5.92 Å². The van der Waals surface area contributed by atoms with Crippen LogP contribution in [0.3, 0.4) is 0 Å². The van der Waals surface area contributed by atoms with Gasteiger partial charge in [-0.05, 0) is 42.5 Å². The van der Waals surface area contributed by atoms with E-state index in [0.717, 1.165) is 45.2 Å². The molecule has 1 aliphatic carbocycles. The molecule has 7 heteroatoms. The van der Waals surface area contributed by atoms with E-state index in [-0.39, 0.29) is 0 Å². The fraction of sp³-hybridized carbons (Fsp3) is 0.300. The highest BCUT2D eigenvalue weighted by atomic mass is 32.2. The largest absolute Gasteiger partial charge is 0.305 e. The van der Waals surface area contributed by atoms with Crippen LogP contribution in [0.15, 0.2) is 46.8 Å². The number of aromatic nitrogens is 5. The molecule has 136 valence electrons. The summed E-state index contributed by atoms with van der Waals surface area (Å²) in [6, 6.07) is 10.1. The first kappa shape index (κ1) is 16.9. The topological polar surface area (TPSA) is 56.5 Å². The number of nitrogens with zero attached hydrogens (tertiary/aromatic N) is 5. The molecular formula is C20H19N5S2. The van der Waals surface area contributed by atoms with Gasteiger partial charge in [0.05, 0.1) is 0 Å². The minimum atomic E-state index is 0.752. The molecule has 0 radical (unpaired) electrons. The molecular weight excluding hydrogens is 374 g/mol. The molecule has 0 N–H and O–H groups in total. The van der Waals surface area contributed by atoms with Gasteiger partial charge in [-0.2, -0.15) is 0 Å². The molecule has 3 heterocycles. The van der Waals surface area contributed by atoms with Crippen molar-refractivity contribution in [1.82, 2.24) is 24.7 Å². The van der Waals surface area contributed by atoms with Crippen LogP contribution in [0.5, 0.6) is 0 Å². The Hall–Kier alpha value is -2.25. The number of fused-ring (bicyclic) bond motifs is 3. The summed E-state index contributed by atoms with van der Waals surface area (Å²) in [5.41, 5.74) is 2.51. The fourth-order valence-electron chi connectivity index (χ4n) is 3.65. The van der Waals surface area contributed by atoms with Gasteiger partial charge in [0.2, 0.25) is 0 Å². The van der Waals surface area contributed by atoms with Gasteiger partial charge in [-0.3, -0.25) is 0 Å². The first-order valence-corrected chi connectivity index (χ1v) is 10.7. The van der Waals surface area contributed by atoms with Crippen LogP contribution in [0.1, 0.15) is 23.8 Å². The van der Waals surface area contributed by atoms with Gasteiger partial charge in [0.25, 0.3) is 0 Å². The summed E-state index contributed by atoms with van der Waals surface area (Å²) < 4.78 is 2.04. The predicted octanol–water partition coefficient (Wildman–Crippen LogP) is 4.76. The number of hydrogen-bond donors (Lipinski definition) is 0. The molecule has 0 saturated carbocycles. The van der Waals surface area contributed by atoms with Gasteiger partial charge in [0, 0.05) is 22.9 Å². The van der Waals surface area contributed by atoms with E-state index in [1.807, 2.05) is 41.2 Å². The van der Waals surface area contributed by atoms with Crippen LogP contribution in [0.2, 0.25) is 0 Å². The van der Waals surface area contributed by atoms with Gasteiger partial charge in [0.1, 0.15) is 16.2 Å². The Kier molecular flexibility index (Phi) is 4.21. The highest BCUT2D eigenvalue weighted by Gasteiger charge is 2.24. The number of aryl methyl sites for hydroxylation is 1. The van der Waals surface area contributed by atoms with Gasteiger partial charge in [0.15, 0.2) is 11.0 Å². The molecule has 0 spiro atoms. The monoisotopic (exact) mass is 393 g/mol. The van der Waals surface area contributed by atoms with E-state index in [1.165, 1.54) is 22.2 Å². The Bertz CT molecular complexity index is 1120. The zero-order chi connectivity index (χ0) is 18.4. The van der Waals surface area contributed by atoms with Crippen LogP contribution in [0.4, 0.5) is 0 Å². The number of benzene rings is 1. The normalized spacial score (nSPS) is 16.6. The molecule has 0 amide bonds. The van der Waals surface area contributed by atoms with Gasteiger partial charge in [-0.25, -0.2) is 9.97 Å². The molecule has 1 aromatic carbocycles. The third-order valence-electron chi connectivity index (χ3n) is 5.11. The maximum atomic E-state index is 4.60. The van der Waals surface area contributed by atoms with Crippen molar-refractivity contribution in [2.45, 2.75) is 36.4 Å². The van der Waals surface area contributed by atoms with E-state index in [0.29, 0.717) is 0 Å². The lowest BCUT2D eigenvalue weighted by molar-refractivity contribution is 0.509. The van der Waals surface area contributed by atoms with Crippen molar-refractivity contribution in [3.63, 3.8) is 0 Å². The Morgan fingerprint density at radius 3 is 2.85 bits per heavy atom. The second kappa shape index (κ2) is 6.73. The van der Waals surface area contributed by atoms with Crippen molar-refractivity contribution in [2.24, 2.45) is 13.0 Å². The van der Waals surface area contributed by atoms with Crippen LogP contribution in [-0.2, 0) is 19.9 Å². The molecule has 1 aliphatic rings. The average molecular weight is 394 g/mol. The summed E-state index contributed by atoms with van der Waals surface area (Å²) in [7, 11) is 2.01. The number of rotatable bonds is 3. The van der Waals surface area contributed by atoms with Gasteiger partial charge < -0.3 is 4.57 Å². The van der Waals surface area contributed by atoms with E-state index in [1.54, 1.807) is 18.1 Å². The molecule has 0 saturated heterocycles. The Labute approximate surface area is 165 Å². The lowest BCUT2D eigenvalue weighted by Gasteiger charge is -2.18. The summed E-state index contributed by atoms with van der Waals surface area (Å²) >= 11 is 3.41. The van der Waals surface area contributed by atoms with Crippen LogP contribution in [0.25, 0.3) is 21.6 Å². The van der Waals surface area contributed by atoms with E-state index in [2.05, 4.69) is 39.2 Å². The molecule has 3 aromatic heterocycles. The first-order valence-electron chi connectivity index (χ1n) is 9.08. The number of thiophene rings is 1. The predicted molar refractivity (Wildman–Crippen MR) is 109 cm³/mol. The van der Waals surface area contributed by atoms with Crippen molar-refractivity contribution >= 4 is 33.3 Å². The van der Waals surface area contributed by atoms with Crippen LogP contribution >= 0.6 is 23.1 Å². The zero-order valence-corrected chi connectivity index (χ0v) is 16.8. The van der Waals surface area contributed by atoms with Crippen LogP contribution < -0.4 is 0 Å². The van der Waals surface area contributed by atoms with E-state index in [9.17, 15) is 0 Å². The first-order chi connectivity index (χ1) is 13.2. The third-order valence-corrected chi connectivity index (χ3v) is 7.32. The molecule has 0 bridgehead atoms. The van der Waals surface area contributed by atoms with Gasteiger partial charge in [-0.15, -0.1) is 21.5 Å². The third kappa shape index (κ3) is 2.95. The second-order valence-corrected chi connectivity index (χ2v) is 9.08. The maximum Gasteiger partial charge on any atom is 0.197 e. The Morgan fingerprint density at radius 1 is 1.15 bits per heavy atom. The van der Waals surface area contributed by atoms with Gasteiger partial charge in [-0.1, -0.05) is 37.3 Å². The van der Waals surface area contributed by atoms with E-state index in [4.69, 9.17) is 0 Å². The van der Waals surface area contributed by atoms with Crippen LogP contribution in [-0.4, -0.2) is 24.7 Å². The maximum absolute atomic E-state index is 4.60. The molecule has 5 rings (SSSR count). The summed E-state index contributed by atoms with van der Waals surface area (Å²) in [5.74, 6) is 1.62. The molecule has 0 fully saturated rings. The van der Waals surface area contributed by atoms with E-state index < -0.39 is 0 Å². The Balaban J connectivity index is 1.55. The highest BCUT2D eigenvalue weighted by molar-refractivity contribution is 7.99. The standard InChI is InChI=1S/C20H19N5S2/c1-12-8-9-14-15(10-12)26-18-16(14)19(22-11-21-18)27-20-24-23-17(25(20)2)13-6-4-3-5-7-13/h3-7,11-12H,8-10H2,1-2H3/t12-/m0/s1. The summed E-state index contributed by atoms with van der Waals surface area (Å²) in [6.45, 7) is 2.33. The molecule has 5 nitrogen and oxygen atoms in total. The number of hydrogen-bond acceptors (Lipinski definition) is 6.